The van der Waals surface area contributed by atoms with Crippen LogP contribution >= 0.6 is 12.2 Å². The summed E-state index contributed by atoms with van der Waals surface area (Å²) < 4.78 is 0. The fourth-order valence-corrected chi connectivity index (χ4v) is 1.92. The Morgan fingerprint density at radius 1 is 1.37 bits per heavy atom. The summed E-state index contributed by atoms with van der Waals surface area (Å²) in [6.45, 7) is 7.75. The van der Waals surface area contributed by atoms with E-state index in [0.717, 1.165) is 28.9 Å². The first kappa shape index (κ1) is 15.4. The number of carbonyl (C=O) groups excluding carboxylic acids is 1. The van der Waals surface area contributed by atoms with Crippen molar-refractivity contribution < 1.29 is 4.79 Å². The number of hydrogen-bond donors (Lipinski definition) is 3. The van der Waals surface area contributed by atoms with Crippen molar-refractivity contribution in [2.75, 3.05) is 10.6 Å². The van der Waals surface area contributed by atoms with E-state index < -0.39 is 0 Å². The number of nitrogens with one attached hydrogen (secondary N) is 2. The largest absolute Gasteiger partial charge is 0.376 e. The average molecular weight is 279 g/mol. The third kappa shape index (κ3) is 4.21. The molecular formula is C14H21N3OS. The Morgan fingerprint density at radius 2 is 2.00 bits per heavy atom. The normalized spacial score (nSPS) is 10.4. The lowest BCUT2D eigenvalue weighted by Gasteiger charge is -2.17. The summed E-state index contributed by atoms with van der Waals surface area (Å²) in [7, 11) is 0. The van der Waals surface area contributed by atoms with Crippen molar-refractivity contribution in [1.29, 1.82) is 0 Å². The van der Waals surface area contributed by atoms with Gasteiger partial charge in [0.15, 0.2) is 5.11 Å². The van der Waals surface area contributed by atoms with Crippen molar-refractivity contribution in [3.63, 3.8) is 0 Å². The molecule has 0 bridgehead atoms. The van der Waals surface area contributed by atoms with Crippen LogP contribution in [0.5, 0.6) is 0 Å². The minimum atomic E-state index is -0.0430. The number of thiocarbonyl (C=S) groups is 1. The molecule has 1 aromatic carbocycles. The van der Waals surface area contributed by atoms with Gasteiger partial charge in [-0.15, -0.1) is 0 Å². The van der Waals surface area contributed by atoms with Gasteiger partial charge < -0.3 is 16.4 Å². The highest BCUT2D eigenvalue weighted by atomic mass is 32.1. The molecule has 104 valence electrons. The van der Waals surface area contributed by atoms with E-state index >= 15 is 0 Å². The Bertz CT molecular complexity index is 498. The van der Waals surface area contributed by atoms with Crippen LogP contribution in [0.4, 0.5) is 11.4 Å². The fraction of sp³-hybridized carbons (Fsp3) is 0.429. The molecule has 1 rings (SSSR count). The van der Waals surface area contributed by atoms with Crippen molar-refractivity contribution in [1.82, 2.24) is 0 Å². The second-order valence-electron chi connectivity index (χ2n) is 4.81. The van der Waals surface area contributed by atoms with Gasteiger partial charge in [-0.3, -0.25) is 4.79 Å². The lowest BCUT2D eigenvalue weighted by Crippen LogP contribution is -2.21. The predicted octanol–water partition coefficient (Wildman–Crippen LogP) is 2.81. The topological polar surface area (TPSA) is 67.2 Å². The third-order valence-electron chi connectivity index (χ3n) is 2.84. The molecule has 4 nitrogen and oxygen atoms in total. The number of hydrogen-bond acceptors (Lipinski definition) is 2. The number of benzene rings is 1. The summed E-state index contributed by atoms with van der Waals surface area (Å²) >= 11 is 4.83. The molecular weight excluding hydrogens is 258 g/mol. The highest BCUT2D eigenvalue weighted by molar-refractivity contribution is 7.80. The summed E-state index contributed by atoms with van der Waals surface area (Å²) in [6, 6.07) is 3.89. The van der Waals surface area contributed by atoms with Crippen LogP contribution in [-0.2, 0) is 11.2 Å². The molecule has 0 aromatic heterocycles. The maximum Gasteiger partial charge on any atom is 0.226 e. The first-order valence-electron chi connectivity index (χ1n) is 6.36. The van der Waals surface area contributed by atoms with Crippen molar-refractivity contribution in [3.05, 3.63) is 23.3 Å². The van der Waals surface area contributed by atoms with Gasteiger partial charge in [0.2, 0.25) is 5.91 Å². The van der Waals surface area contributed by atoms with E-state index in [1.807, 2.05) is 39.8 Å². The maximum atomic E-state index is 11.8. The van der Waals surface area contributed by atoms with Crippen molar-refractivity contribution >= 4 is 34.6 Å². The van der Waals surface area contributed by atoms with Gasteiger partial charge in [-0.25, -0.2) is 0 Å². The smallest absolute Gasteiger partial charge is 0.226 e. The van der Waals surface area contributed by atoms with Crippen molar-refractivity contribution in [2.45, 2.75) is 34.1 Å². The molecule has 0 atom stereocenters. The van der Waals surface area contributed by atoms with Crippen LogP contribution in [-0.4, -0.2) is 11.0 Å². The van der Waals surface area contributed by atoms with E-state index in [-0.39, 0.29) is 16.9 Å². The molecule has 1 aromatic rings. The Hall–Kier alpha value is -1.62. The minimum Gasteiger partial charge on any atom is -0.376 e. The number of aryl methyl sites for hydroxylation is 2. The second-order valence-corrected chi connectivity index (χ2v) is 5.25. The molecule has 0 radical (unpaired) electrons. The van der Waals surface area contributed by atoms with Gasteiger partial charge in [-0.1, -0.05) is 20.8 Å². The molecule has 0 unspecified atom stereocenters. The summed E-state index contributed by atoms with van der Waals surface area (Å²) in [5.41, 5.74) is 9.27. The number of nitrogens with two attached hydrogens (primary N) is 1. The lowest BCUT2D eigenvalue weighted by atomic mass is 10.0. The molecule has 0 heterocycles. The number of anilines is 2. The molecule has 19 heavy (non-hydrogen) atoms. The Labute approximate surface area is 119 Å². The van der Waals surface area contributed by atoms with Crippen LogP contribution in [0.15, 0.2) is 12.1 Å². The quantitative estimate of drug-likeness (QED) is 0.741. The molecule has 1 amide bonds. The summed E-state index contributed by atoms with van der Waals surface area (Å²) in [5, 5.41) is 6.14. The van der Waals surface area contributed by atoms with Gasteiger partial charge in [-0.05, 0) is 48.8 Å². The number of amides is 1. The average Bonchev–Trinajstić information content (AvgIpc) is 2.30. The SMILES string of the molecule is CCc1cc(NC(N)=S)cc(C)c1NC(=O)C(C)C. The Balaban J connectivity index is 3.11. The zero-order valence-electron chi connectivity index (χ0n) is 11.8. The van der Waals surface area contributed by atoms with Crippen LogP contribution in [0, 0.1) is 12.8 Å². The Kier molecular flexibility index (Phi) is 5.30. The standard InChI is InChI=1S/C14H21N3OS/c1-5-10-7-11(16-14(15)19)6-9(4)12(10)17-13(18)8(2)3/h6-8H,5H2,1-4H3,(H,17,18)(H3,15,16,19). The molecule has 0 aliphatic heterocycles. The van der Waals surface area contributed by atoms with Crippen molar-refractivity contribution in [2.24, 2.45) is 11.7 Å². The molecule has 0 saturated carbocycles. The highest BCUT2D eigenvalue weighted by Crippen LogP contribution is 2.26. The molecule has 0 fully saturated rings. The van der Waals surface area contributed by atoms with Crippen LogP contribution in [0.1, 0.15) is 31.9 Å². The van der Waals surface area contributed by atoms with Gasteiger partial charge in [-0.2, -0.15) is 0 Å². The highest BCUT2D eigenvalue weighted by Gasteiger charge is 2.13. The predicted molar refractivity (Wildman–Crippen MR) is 84.4 cm³/mol. The van der Waals surface area contributed by atoms with E-state index in [4.69, 9.17) is 18.0 Å². The Morgan fingerprint density at radius 3 is 2.47 bits per heavy atom. The summed E-state index contributed by atoms with van der Waals surface area (Å²) in [5.74, 6) is -0.0219. The fourth-order valence-electron chi connectivity index (χ4n) is 1.80. The zero-order valence-corrected chi connectivity index (χ0v) is 12.6. The van der Waals surface area contributed by atoms with E-state index in [0.29, 0.717) is 0 Å². The molecule has 5 heteroatoms. The van der Waals surface area contributed by atoms with Gasteiger partial charge in [0.05, 0.1) is 0 Å². The first-order chi connectivity index (χ1) is 8.85. The number of rotatable bonds is 4. The maximum absolute atomic E-state index is 11.8. The van der Waals surface area contributed by atoms with Gasteiger partial charge in [0.1, 0.15) is 0 Å². The molecule has 4 N–H and O–H groups in total. The summed E-state index contributed by atoms with van der Waals surface area (Å²) in [4.78, 5) is 11.8. The molecule has 0 spiro atoms. The first-order valence-corrected chi connectivity index (χ1v) is 6.76. The molecule has 0 saturated heterocycles. The van der Waals surface area contributed by atoms with E-state index in [1.54, 1.807) is 0 Å². The molecule has 0 aliphatic carbocycles. The lowest BCUT2D eigenvalue weighted by molar-refractivity contribution is -0.118. The van der Waals surface area contributed by atoms with Gasteiger partial charge >= 0.3 is 0 Å². The van der Waals surface area contributed by atoms with Crippen molar-refractivity contribution in [3.8, 4) is 0 Å². The summed E-state index contributed by atoms with van der Waals surface area (Å²) in [6.07, 6.45) is 0.821. The molecule has 0 aliphatic rings. The van der Waals surface area contributed by atoms with E-state index in [2.05, 4.69) is 10.6 Å². The zero-order chi connectivity index (χ0) is 14.6. The van der Waals surface area contributed by atoms with E-state index in [1.165, 1.54) is 0 Å². The number of carbonyl (C=O) groups is 1. The third-order valence-corrected chi connectivity index (χ3v) is 2.94. The van der Waals surface area contributed by atoms with Crippen LogP contribution in [0.2, 0.25) is 0 Å². The van der Waals surface area contributed by atoms with Crippen LogP contribution < -0.4 is 16.4 Å². The van der Waals surface area contributed by atoms with Gasteiger partial charge in [0, 0.05) is 17.3 Å². The monoisotopic (exact) mass is 279 g/mol. The van der Waals surface area contributed by atoms with Crippen LogP contribution in [0.3, 0.4) is 0 Å². The minimum absolute atomic E-state index is 0.0212. The van der Waals surface area contributed by atoms with Crippen LogP contribution in [0.25, 0.3) is 0 Å². The van der Waals surface area contributed by atoms with E-state index in [9.17, 15) is 4.79 Å². The second kappa shape index (κ2) is 6.52. The van der Waals surface area contributed by atoms with Gasteiger partial charge in [0.25, 0.3) is 0 Å².